The van der Waals surface area contributed by atoms with Gasteiger partial charge in [-0.2, -0.15) is 0 Å². The minimum absolute atomic E-state index is 0.316. The van der Waals surface area contributed by atoms with Crippen molar-refractivity contribution in [2.45, 2.75) is 45.8 Å². The Morgan fingerprint density at radius 2 is 2.15 bits per heavy atom. The predicted octanol–water partition coefficient (Wildman–Crippen LogP) is 2.36. The molecule has 13 heavy (non-hydrogen) atoms. The van der Waals surface area contributed by atoms with Gasteiger partial charge < -0.3 is 10.1 Å². The van der Waals surface area contributed by atoms with Gasteiger partial charge in [0.1, 0.15) is 0 Å². The third kappa shape index (κ3) is 8.00. The van der Waals surface area contributed by atoms with Gasteiger partial charge in [-0.05, 0) is 33.2 Å². The van der Waals surface area contributed by atoms with Crippen LogP contribution in [0.3, 0.4) is 0 Å². The van der Waals surface area contributed by atoms with Crippen LogP contribution in [0.25, 0.3) is 0 Å². The van der Waals surface area contributed by atoms with Crippen LogP contribution in [0.15, 0.2) is 12.7 Å². The number of nitrogens with one attached hydrogen (secondary N) is 1. The minimum atomic E-state index is 0.316. The maximum absolute atomic E-state index is 5.54. The molecule has 0 aromatic carbocycles. The molecule has 78 valence electrons. The van der Waals surface area contributed by atoms with E-state index in [9.17, 15) is 0 Å². The third-order valence-corrected chi connectivity index (χ3v) is 1.76. The summed E-state index contributed by atoms with van der Waals surface area (Å²) in [4.78, 5) is 0. The van der Waals surface area contributed by atoms with Gasteiger partial charge in [-0.1, -0.05) is 13.0 Å². The molecule has 0 saturated carbocycles. The zero-order valence-electron chi connectivity index (χ0n) is 9.18. The fourth-order valence-electron chi connectivity index (χ4n) is 1.07. The lowest BCUT2D eigenvalue weighted by atomic mass is 10.2. The second kappa shape index (κ2) is 8.27. The summed E-state index contributed by atoms with van der Waals surface area (Å²) >= 11 is 0. The summed E-state index contributed by atoms with van der Waals surface area (Å²) in [5, 5.41) is 3.43. The van der Waals surface area contributed by atoms with Crippen LogP contribution in [0.2, 0.25) is 0 Å². The fraction of sp³-hybridized carbons (Fsp3) is 0.818. The van der Waals surface area contributed by atoms with E-state index in [0.717, 1.165) is 26.0 Å². The number of hydrogen-bond donors (Lipinski definition) is 1. The van der Waals surface area contributed by atoms with Crippen molar-refractivity contribution in [3.63, 3.8) is 0 Å². The highest BCUT2D eigenvalue weighted by Crippen LogP contribution is 1.97. The topological polar surface area (TPSA) is 21.3 Å². The predicted molar refractivity (Wildman–Crippen MR) is 58.0 cm³/mol. The molecular weight excluding hydrogens is 162 g/mol. The summed E-state index contributed by atoms with van der Waals surface area (Å²) in [6, 6.07) is 0.430. The average molecular weight is 185 g/mol. The number of ether oxygens (including phenoxy) is 1. The first kappa shape index (κ1) is 12.7. The zero-order chi connectivity index (χ0) is 10.1. The van der Waals surface area contributed by atoms with Gasteiger partial charge in [-0.3, -0.25) is 0 Å². The lowest BCUT2D eigenvalue weighted by molar-refractivity contribution is 0.0618. The summed E-state index contributed by atoms with van der Waals surface area (Å²) in [5.41, 5.74) is 0. The van der Waals surface area contributed by atoms with E-state index >= 15 is 0 Å². The van der Waals surface area contributed by atoms with Gasteiger partial charge in [0.05, 0.1) is 12.7 Å². The molecule has 0 aromatic rings. The number of hydrogen-bond acceptors (Lipinski definition) is 2. The largest absolute Gasteiger partial charge is 0.377 e. The highest BCUT2D eigenvalue weighted by Gasteiger charge is 2.06. The van der Waals surface area contributed by atoms with Crippen LogP contribution in [0, 0.1) is 0 Å². The molecule has 0 rings (SSSR count). The molecule has 0 fully saturated rings. The van der Waals surface area contributed by atoms with Gasteiger partial charge in [-0.15, -0.1) is 6.58 Å². The molecule has 0 spiro atoms. The first-order valence-corrected chi connectivity index (χ1v) is 5.16. The maximum atomic E-state index is 5.54. The molecule has 0 amide bonds. The van der Waals surface area contributed by atoms with Crippen LogP contribution in [0.5, 0.6) is 0 Å². The van der Waals surface area contributed by atoms with E-state index in [2.05, 4.69) is 32.7 Å². The molecule has 0 aliphatic heterocycles. The highest BCUT2D eigenvalue weighted by molar-refractivity contribution is 4.77. The van der Waals surface area contributed by atoms with Crippen molar-refractivity contribution in [2.24, 2.45) is 0 Å². The smallest absolute Gasteiger partial charge is 0.0626 e. The van der Waals surface area contributed by atoms with E-state index in [-0.39, 0.29) is 0 Å². The van der Waals surface area contributed by atoms with Crippen LogP contribution < -0.4 is 5.32 Å². The molecule has 0 aliphatic carbocycles. The molecule has 0 radical (unpaired) electrons. The fourth-order valence-corrected chi connectivity index (χ4v) is 1.07. The van der Waals surface area contributed by atoms with E-state index in [1.54, 1.807) is 0 Å². The van der Waals surface area contributed by atoms with Crippen LogP contribution in [0.4, 0.5) is 0 Å². The first-order valence-electron chi connectivity index (χ1n) is 5.16. The minimum Gasteiger partial charge on any atom is -0.377 e. The second-order valence-electron chi connectivity index (χ2n) is 3.56. The summed E-state index contributed by atoms with van der Waals surface area (Å²) in [5.74, 6) is 0. The van der Waals surface area contributed by atoms with Crippen molar-refractivity contribution in [3.8, 4) is 0 Å². The summed E-state index contributed by atoms with van der Waals surface area (Å²) in [7, 11) is 0. The van der Waals surface area contributed by atoms with Crippen molar-refractivity contribution in [1.29, 1.82) is 0 Å². The van der Waals surface area contributed by atoms with Crippen LogP contribution in [-0.2, 0) is 4.74 Å². The van der Waals surface area contributed by atoms with Gasteiger partial charge in [0.25, 0.3) is 0 Å². The van der Waals surface area contributed by atoms with E-state index in [1.807, 2.05) is 6.08 Å². The second-order valence-corrected chi connectivity index (χ2v) is 3.56. The Bertz CT molecular complexity index is 123. The van der Waals surface area contributed by atoms with Crippen molar-refractivity contribution in [1.82, 2.24) is 5.32 Å². The van der Waals surface area contributed by atoms with Crippen LogP contribution in [0.1, 0.15) is 33.6 Å². The Morgan fingerprint density at radius 1 is 1.46 bits per heavy atom. The molecular formula is C11H23NO. The van der Waals surface area contributed by atoms with Crippen LogP contribution >= 0.6 is 0 Å². The monoisotopic (exact) mass is 185 g/mol. The average Bonchev–Trinajstić information content (AvgIpc) is 2.09. The molecule has 0 aromatic heterocycles. The lowest BCUT2D eigenvalue weighted by Crippen LogP contribution is -2.34. The molecule has 0 saturated heterocycles. The Balaban J connectivity index is 3.59. The van der Waals surface area contributed by atoms with Crippen molar-refractivity contribution >= 4 is 0 Å². The van der Waals surface area contributed by atoms with E-state index in [4.69, 9.17) is 4.74 Å². The van der Waals surface area contributed by atoms with Crippen molar-refractivity contribution in [3.05, 3.63) is 12.7 Å². The summed E-state index contributed by atoms with van der Waals surface area (Å²) in [6.07, 6.45) is 4.40. The molecule has 2 nitrogen and oxygen atoms in total. The molecule has 1 atom stereocenters. The highest BCUT2D eigenvalue weighted by atomic mass is 16.5. The molecule has 0 aliphatic rings. The van der Waals surface area contributed by atoms with Gasteiger partial charge in [0, 0.05) is 6.04 Å². The molecule has 1 N–H and O–H groups in total. The van der Waals surface area contributed by atoms with Crippen molar-refractivity contribution in [2.75, 3.05) is 13.2 Å². The van der Waals surface area contributed by atoms with E-state index in [0.29, 0.717) is 12.1 Å². The van der Waals surface area contributed by atoms with E-state index < -0.39 is 0 Å². The third-order valence-electron chi connectivity index (χ3n) is 1.76. The quantitative estimate of drug-likeness (QED) is 0.586. The zero-order valence-corrected chi connectivity index (χ0v) is 9.18. The lowest BCUT2D eigenvalue weighted by Gasteiger charge is -2.18. The SMILES string of the molecule is C=CCC(COC(C)C)NCCC. The van der Waals surface area contributed by atoms with Crippen LogP contribution in [-0.4, -0.2) is 25.3 Å². The van der Waals surface area contributed by atoms with Gasteiger partial charge in [0.15, 0.2) is 0 Å². The Kier molecular flexibility index (Phi) is 8.05. The van der Waals surface area contributed by atoms with Gasteiger partial charge in [-0.25, -0.2) is 0 Å². The molecule has 0 heterocycles. The standard InChI is InChI=1S/C11H23NO/c1-5-7-11(12-8-6-2)9-13-10(3)4/h5,10-12H,1,6-9H2,2-4H3. The van der Waals surface area contributed by atoms with Gasteiger partial charge in [0.2, 0.25) is 0 Å². The molecule has 0 bridgehead atoms. The van der Waals surface area contributed by atoms with E-state index in [1.165, 1.54) is 0 Å². The van der Waals surface area contributed by atoms with Crippen molar-refractivity contribution < 1.29 is 4.74 Å². The Labute approximate surface area is 82.4 Å². The maximum Gasteiger partial charge on any atom is 0.0626 e. The first-order chi connectivity index (χ1) is 6.20. The molecule has 1 unspecified atom stereocenters. The Hall–Kier alpha value is -0.340. The summed E-state index contributed by atoms with van der Waals surface area (Å²) in [6.45, 7) is 11.9. The summed E-state index contributed by atoms with van der Waals surface area (Å²) < 4.78 is 5.54. The normalized spacial score (nSPS) is 13.2. The van der Waals surface area contributed by atoms with Gasteiger partial charge >= 0.3 is 0 Å². The number of rotatable bonds is 8. The molecule has 2 heteroatoms. The Morgan fingerprint density at radius 3 is 2.62 bits per heavy atom.